The molecule has 0 saturated heterocycles. The van der Waals surface area contributed by atoms with Crippen LogP contribution in [0.4, 0.5) is 9.18 Å². The predicted octanol–water partition coefficient (Wildman–Crippen LogP) is 2.00. The number of carbonyl (C=O) groups is 1. The van der Waals surface area contributed by atoms with E-state index in [2.05, 4.69) is 10.1 Å². The number of hydrogen-bond acceptors (Lipinski definition) is 3. The first kappa shape index (κ1) is 13.4. The van der Waals surface area contributed by atoms with Gasteiger partial charge in [-0.1, -0.05) is 12.1 Å². The van der Waals surface area contributed by atoms with Gasteiger partial charge in [0.25, 0.3) is 0 Å². The number of ether oxygens (including phenoxy) is 1. The Hall–Kier alpha value is -1.62. The summed E-state index contributed by atoms with van der Waals surface area (Å²) in [6.07, 6.45) is -0.874. The van der Waals surface area contributed by atoms with E-state index in [-0.39, 0.29) is 5.82 Å². The van der Waals surface area contributed by atoms with E-state index < -0.39 is 12.2 Å². The summed E-state index contributed by atoms with van der Waals surface area (Å²) in [5.41, 5.74) is 0.622. The average Bonchev–Trinajstić information content (AvgIpc) is 2.30. The first-order chi connectivity index (χ1) is 8.13. The summed E-state index contributed by atoms with van der Waals surface area (Å²) >= 11 is 0. The standard InChI is InChI=1S/C12H16FNO3/c1-2-17-12(16)14-8-7-11(15)9-3-5-10(13)6-4-9/h3-6,11,15H,2,7-8H2,1H3,(H,14,16). The van der Waals surface area contributed by atoms with E-state index in [4.69, 9.17) is 0 Å². The molecule has 1 unspecified atom stereocenters. The van der Waals surface area contributed by atoms with Gasteiger partial charge >= 0.3 is 6.09 Å². The first-order valence-electron chi connectivity index (χ1n) is 5.47. The second-order valence-corrected chi connectivity index (χ2v) is 3.50. The first-order valence-corrected chi connectivity index (χ1v) is 5.47. The highest BCUT2D eigenvalue weighted by molar-refractivity contribution is 5.66. The number of rotatable bonds is 5. The SMILES string of the molecule is CCOC(=O)NCCC(O)c1ccc(F)cc1. The maximum absolute atomic E-state index is 12.6. The van der Waals surface area contributed by atoms with Crippen LogP contribution in [0.1, 0.15) is 25.0 Å². The van der Waals surface area contributed by atoms with Gasteiger partial charge in [-0.2, -0.15) is 0 Å². The highest BCUT2D eigenvalue weighted by Gasteiger charge is 2.08. The molecule has 0 fully saturated rings. The van der Waals surface area contributed by atoms with Crippen molar-refractivity contribution in [1.82, 2.24) is 5.32 Å². The van der Waals surface area contributed by atoms with Crippen molar-refractivity contribution in [2.24, 2.45) is 0 Å². The summed E-state index contributed by atoms with van der Waals surface area (Å²) in [5.74, 6) is -0.342. The fraction of sp³-hybridized carbons (Fsp3) is 0.417. The summed E-state index contributed by atoms with van der Waals surface area (Å²) in [7, 11) is 0. The molecule has 1 rings (SSSR count). The van der Waals surface area contributed by atoms with Gasteiger partial charge in [0.15, 0.2) is 0 Å². The Bertz CT molecular complexity index is 353. The lowest BCUT2D eigenvalue weighted by Crippen LogP contribution is -2.26. The number of nitrogens with one attached hydrogen (secondary N) is 1. The van der Waals surface area contributed by atoms with E-state index in [0.29, 0.717) is 25.1 Å². The number of benzene rings is 1. The fourth-order valence-electron chi connectivity index (χ4n) is 1.34. The lowest BCUT2D eigenvalue weighted by Gasteiger charge is -2.11. The van der Waals surface area contributed by atoms with Gasteiger partial charge in [0.1, 0.15) is 5.82 Å². The van der Waals surface area contributed by atoms with E-state index in [0.717, 1.165) is 0 Å². The van der Waals surface area contributed by atoms with Crippen LogP contribution in [0.15, 0.2) is 24.3 Å². The lowest BCUT2D eigenvalue weighted by molar-refractivity contribution is 0.143. The Morgan fingerprint density at radius 3 is 2.71 bits per heavy atom. The summed E-state index contributed by atoms with van der Waals surface area (Å²) in [5, 5.41) is 12.2. The van der Waals surface area contributed by atoms with Crippen LogP contribution in [-0.2, 0) is 4.74 Å². The number of aliphatic hydroxyl groups excluding tert-OH is 1. The van der Waals surface area contributed by atoms with Crippen LogP contribution in [0, 0.1) is 5.82 Å². The second-order valence-electron chi connectivity index (χ2n) is 3.50. The molecule has 0 bridgehead atoms. The molecule has 0 spiro atoms. The molecule has 1 aromatic carbocycles. The molecule has 2 N–H and O–H groups in total. The smallest absolute Gasteiger partial charge is 0.407 e. The van der Waals surface area contributed by atoms with Crippen molar-refractivity contribution >= 4 is 6.09 Å². The van der Waals surface area contributed by atoms with E-state index in [1.54, 1.807) is 6.92 Å². The monoisotopic (exact) mass is 241 g/mol. The Balaban J connectivity index is 2.32. The van der Waals surface area contributed by atoms with Crippen molar-refractivity contribution in [1.29, 1.82) is 0 Å². The summed E-state index contributed by atoms with van der Waals surface area (Å²) in [6.45, 7) is 2.33. The Morgan fingerprint density at radius 1 is 1.47 bits per heavy atom. The van der Waals surface area contributed by atoms with Crippen LogP contribution in [0.25, 0.3) is 0 Å². The minimum atomic E-state index is -0.725. The van der Waals surface area contributed by atoms with Gasteiger partial charge in [-0.05, 0) is 31.0 Å². The summed E-state index contributed by atoms with van der Waals surface area (Å²) in [6, 6.07) is 5.61. The molecular formula is C12H16FNO3. The minimum absolute atomic E-state index is 0.303. The number of carbonyl (C=O) groups excluding carboxylic acids is 1. The molecule has 1 aromatic rings. The van der Waals surface area contributed by atoms with Gasteiger partial charge in [-0.25, -0.2) is 9.18 Å². The largest absolute Gasteiger partial charge is 0.450 e. The number of halogens is 1. The third-order valence-corrected chi connectivity index (χ3v) is 2.22. The van der Waals surface area contributed by atoms with Crippen molar-refractivity contribution in [3.63, 3.8) is 0 Å². The lowest BCUT2D eigenvalue weighted by atomic mass is 10.1. The highest BCUT2D eigenvalue weighted by Crippen LogP contribution is 2.16. The Kier molecular flexibility index (Phi) is 5.42. The summed E-state index contributed by atoms with van der Waals surface area (Å²) in [4.78, 5) is 10.9. The van der Waals surface area contributed by atoms with E-state index >= 15 is 0 Å². The van der Waals surface area contributed by atoms with E-state index in [1.165, 1.54) is 24.3 Å². The molecule has 0 aliphatic heterocycles. The van der Waals surface area contributed by atoms with Crippen LogP contribution in [0.2, 0.25) is 0 Å². The minimum Gasteiger partial charge on any atom is -0.450 e. The van der Waals surface area contributed by atoms with Crippen LogP contribution in [0.3, 0.4) is 0 Å². The van der Waals surface area contributed by atoms with Gasteiger partial charge in [0, 0.05) is 6.54 Å². The second kappa shape index (κ2) is 6.85. The van der Waals surface area contributed by atoms with Gasteiger partial charge in [-0.3, -0.25) is 0 Å². The highest BCUT2D eigenvalue weighted by atomic mass is 19.1. The molecule has 0 aliphatic carbocycles. The Morgan fingerprint density at radius 2 is 2.12 bits per heavy atom. The van der Waals surface area contributed by atoms with Gasteiger partial charge in [0.05, 0.1) is 12.7 Å². The zero-order chi connectivity index (χ0) is 12.7. The predicted molar refractivity (Wildman–Crippen MR) is 61.0 cm³/mol. The number of aliphatic hydroxyl groups is 1. The van der Waals surface area contributed by atoms with Crippen molar-refractivity contribution in [2.75, 3.05) is 13.2 Å². The molecule has 4 nitrogen and oxygen atoms in total. The normalized spacial score (nSPS) is 11.9. The van der Waals surface area contributed by atoms with Crippen LogP contribution in [0.5, 0.6) is 0 Å². The third-order valence-electron chi connectivity index (χ3n) is 2.22. The topological polar surface area (TPSA) is 58.6 Å². The molecule has 0 radical (unpaired) electrons. The van der Waals surface area contributed by atoms with Gasteiger partial charge in [0.2, 0.25) is 0 Å². The quantitative estimate of drug-likeness (QED) is 0.828. The fourth-order valence-corrected chi connectivity index (χ4v) is 1.34. The maximum Gasteiger partial charge on any atom is 0.407 e. The van der Waals surface area contributed by atoms with E-state index in [1.807, 2.05) is 0 Å². The molecule has 17 heavy (non-hydrogen) atoms. The molecule has 94 valence electrons. The average molecular weight is 241 g/mol. The van der Waals surface area contributed by atoms with Gasteiger partial charge in [-0.15, -0.1) is 0 Å². The molecule has 1 atom stereocenters. The molecule has 5 heteroatoms. The summed E-state index contributed by atoms with van der Waals surface area (Å²) < 4.78 is 17.3. The maximum atomic E-state index is 12.6. The van der Waals surface area contributed by atoms with Crippen molar-refractivity contribution in [3.05, 3.63) is 35.6 Å². The van der Waals surface area contributed by atoms with Crippen molar-refractivity contribution < 1.29 is 19.0 Å². The molecule has 0 aliphatic rings. The van der Waals surface area contributed by atoms with Crippen molar-refractivity contribution in [3.8, 4) is 0 Å². The Labute approximate surface area is 99.4 Å². The van der Waals surface area contributed by atoms with Crippen LogP contribution >= 0.6 is 0 Å². The number of hydrogen-bond donors (Lipinski definition) is 2. The molecule has 0 aromatic heterocycles. The zero-order valence-corrected chi connectivity index (χ0v) is 9.65. The van der Waals surface area contributed by atoms with Gasteiger partial charge < -0.3 is 15.2 Å². The van der Waals surface area contributed by atoms with Crippen LogP contribution < -0.4 is 5.32 Å². The van der Waals surface area contributed by atoms with Crippen molar-refractivity contribution in [2.45, 2.75) is 19.4 Å². The number of amides is 1. The zero-order valence-electron chi connectivity index (χ0n) is 9.65. The van der Waals surface area contributed by atoms with E-state index in [9.17, 15) is 14.3 Å². The number of alkyl carbamates (subject to hydrolysis) is 1. The van der Waals surface area contributed by atoms with Crippen LogP contribution in [-0.4, -0.2) is 24.4 Å². The molecular weight excluding hydrogens is 225 g/mol. The third kappa shape index (κ3) is 4.82. The molecule has 0 heterocycles. The molecule has 1 amide bonds. The molecule has 0 saturated carbocycles.